The van der Waals surface area contributed by atoms with Crippen LogP contribution < -0.4 is 10.9 Å². The molecule has 0 saturated carbocycles. The maximum Gasteiger partial charge on any atom is 0.326 e. The molecule has 1 rings (SSSR count). The number of aryl methyl sites for hydroxylation is 1. The number of carbonyl (C=O) groups excluding carboxylic acids is 1. The Hall–Kier alpha value is -2.11. The van der Waals surface area contributed by atoms with Gasteiger partial charge in [0.25, 0.3) is 11.5 Å². The lowest BCUT2D eigenvalue weighted by atomic mass is 9.99. The molecule has 6 heteroatoms. The second kappa shape index (κ2) is 6.17. The summed E-state index contributed by atoms with van der Waals surface area (Å²) in [6.07, 6.45) is 2.15. The largest absolute Gasteiger partial charge is 0.480 e. The highest BCUT2D eigenvalue weighted by molar-refractivity contribution is 5.96. The van der Waals surface area contributed by atoms with Crippen molar-refractivity contribution in [3.05, 3.63) is 34.2 Å². The first kappa shape index (κ1) is 14.9. The number of aliphatic carboxylic acids is 1. The minimum Gasteiger partial charge on any atom is -0.480 e. The molecule has 0 aliphatic carbocycles. The molecular formula is C13H18N2O4. The van der Waals surface area contributed by atoms with Crippen molar-refractivity contribution in [3.8, 4) is 0 Å². The van der Waals surface area contributed by atoms with Crippen LogP contribution in [0.5, 0.6) is 0 Å². The van der Waals surface area contributed by atoms with Gasteiger partial charge in [-0.3, -0.25) is 9.59 Å². The van der Waals surface area contributed by atoms with Crippen molar-refractivity contribution in [1.82, 2.24) is 9.88 Å². The van der Waals surface area contributed by atoms with Gasteiger partial charge >= 0.3 is 5.97 Å². The third-order valence-corrected chi connectivity index (χ3v) is 3.13. The average molecular weight is 266 g/mol. The van der Waals surface area contributed by atoms with Gasteiger partial charge in [0.1, 0.15) is 11.6 Å². The Balaban J connectivity index is 2.98. The molecule has 19 heavy (non-hydrogen) atoms. The first-order valence-electron chi connectivity index (χ1n) is 6.07. The first-order valence-corrected chi connectivity index (χ1v) is 6.07. The minimum absolute atomic E-state index is 0.0560. The van der Waals surface area contributed by atoms with Gasteiger partial charge in [-0.05, 0) is 18.1 Å². The number of rotatable bonds is 5. The molecule has 1 aromatic rings. The number of pyridine rings is 1. The van der Waals surface area contributed by atoms with Crippen LogP contribution in [0.4, 0.5) is 0 Å². The predicted molar refractivity (Wildman–Crippen MR) is 70.0 cm³/mol. The van der Waals surface area contributed by atoms with Crippen molar-refractivity contribution < 1.29 is 14.7 Å². The van der Waals surface area contributed by atoms with Crippen LogP contribution in [0.15, 0.2) is 23.1 Å². The molecule has 1 heterocycles. The molecule has 2 atom stereocenters. The summed E-state index contributed by atoms with van der Waals surface area (Å²) < 4.78 is 1.27. The van der Waals surface area contributed by atoms with Crippen molar-refractivity contribution in [1.29, 1.82) is 0 Å². The van der Waals surface area contributed by atoms with E-state index in [2.05, 4.69) is 5.32 Å². The van der Waals surface area contributed by atoms with Crippen molar-refractivity contribution in [2.45, 2.75) is 26.3 Å². The molecule has 0 saturated heterocycles. The van der Waals surface area contributed by atoms with Gasteiger partial charge in [0.05, 0.1) is 0 Å². The second-order valence-corrected chi connectivity index (χ2v) is 4.51. The molecule has 0 fully saturated rings. The molecule has 0 spiro atoms. The number of nitrogens with one attached hydrogen (secondary N) is 1. The summed E-state index contributed by atoms with van der Waals surface area (Å²) in [5, 5.41) is 11.5. The Labute approximate surface area is 111 Å². The molecule has 2 N–H and O–H groups in total. The topological polar surface area (TPSA) is 88.4 Å². The van der Waals surface area contributed by atoms with E-state index in [0.29, 0.717) is 6.42 Å². The molecule has 0 bridgehead atoms. The SMILES string of the molecule is CC[C@H](C)[C@H](NC(=O)c1cccn(C)c1=O)C(=O)O. The second-order valence-electron chi connectivity index (χ2n) is 4.51. The van der Waals surface area contributed by atoms with E-state index in [4.69, 9.17) is 5.11 Å². The summed E-state index contributed by atoms with van der Waals surface area (Å²) >= 11 is 0. The van der Waals surface area contributed by atoms with Gasteiger partial charge in [-0.25, -0.2) is 4.79 Å². The van der Waals surface area contributed by atoms with Gasteiger partial charge < -0.3 is 15.0 Å². The summed E-state index contributed by atoms with van der Waals surface area (Å²) in [6, 6.07) is 1.95. The van der Waals surface area contributed by atoms with E-state index in [-0.39, 0.29) is 11.5 Å². The number of carbonyl (C=O) groups is 2. The third-order valence-electron chi connectivity index (χ3n) is 3.13. The molecule has 104 valence electrons. The smallest absolute Gasteiger partial charge is 0.326 e. The number of hydrogen-bond acceptors (Lipinski definition) is 3. The fourth-order valence-corrected chi connectivity index (χ4v) is 1.67. The molecule has 0 aromatic carbocycles. The highest BCUT2D eigenvalue weighted by atomic mass is 16.4. The molecular weight excluding hydrogens is 248 g/mol. The number of carboxylic acid groups (broad SMARTS) is 1. The Bertz CT molecular complexity index is 536. The van der Waals surface area contributed by atoms with Crippen molar-refractivity contribution in [2.75, 3.05) is 0 Å². The molecule has 1 aromatic heterocycles. The summed E-state index contributed by atoms with van der Waals surface area (Å²) in [4.78, 5) is 34.8. The van der Waals surface area contributed by atoms with Crippen molar-refractivity contribution in [3.63, 3.8) is 0 Å². The van der Waals surface area contributed by atoms with Crippen LogP contribution in [0.25, 0.3) is 0 Å². The van der Waals surface area contributed by atoms with Crippen LogP contribution in [-0.2, 0) is 11.8 Å². The van der Waals surface area contributed by atoms with Crippen LogP contribution >= 0.6 is 0 Å². The zero-order chi connectivity index (χ0) is 14.6. The maximum absolute atomic E-state index is 12.0. The summed E-state index contributed by atoms with van der Waals surface area (Å²) in [7, 11) is 1.53. The Kier molecular flexibility index (Phi) is 4.86. The van der Waals surface area contributed by atoms with E-state index < -0.39 is 23.5 Å². The highest BCUT2D eigenvalue weighted by Crippen LogP contribution is 2.08. The van der Waals surface area contributed by atoms with Gasteiger partial charge in [-0.15, -0.1) is 0 Å². The number of nitrogens with zero attached hydrogens (tertiary/aromatic N) is 1. The zero-order valence-corrected chi connectivity index (χ0v) is 11.2. The van der Waals surface area contributed by atoms with Crippen LogP contribution in [0.1, 0.15) is 30.6 Å². The average Bonchev–Trinajstić information content (AvgIpc) is 2.37. The molecule has 0 aliphatic heterocycles. The van der Waals surface area contributed by atoms with Gasteiger partial charge in [-0.2, -0.15) is 0 Å². The maximum atomic E-state index is 12.0. The van der Waals surface area contributed by atoms with Crippen LogP contribution in [0, 0.1) is 5.92 Å². The van der Waals surface area contributed by atoms with E-state index >= 15 is 0 Å². The van der Waals surface area contributed by atoms with Gasteiger partial charge in [-0.1, -0.05) is 20.3 Å². The van der Waals surface area contributed by atoms with Gasteiger partial charge in [0, 0.05) is 13.2 Å². The van der Waals surface area contributed by atoms with E-state index in [0.717, 1.165) is 0 Å². The highest BCUT2D eigenvalue weighted by Gasteiger charge is 2.26. The quantitative estimate of drug-likeness (QED) is 0.817. The zero-order valence-electron chi connectivity index (χ0n) is 11.2. The summed E-state index contributed by atoms with van der Waals surface area (Å²) in [6.45, 7) is 3.58. The van der Waals surface area contributed by atoms with Crippen molar-refractivity contribution in [2.24, 2.45) is 13.0 Å². The fourth-order valence-electron chi connectivity index (χ4n) is 1.67. The van der Waals surface area contributed by atoms with Crippen LogP contribution in [0.3, 0.4) is 0 Å². The monoisotopic (exact) mass is 266 g/mol. The summed E-state index contributed by atoms with van der Waals surface area (Å²) in [5.74, 6) is -1.97. The molecule has 0 aliphatic rings. The standard InChI is InChI=1S/C13H18N2O4/c1-4-8(2)10(13(18)19)14-11(16)9-6-5-7-15(3)12(9)17/h5-8,10H,4H2,1-3H3,(H,14,16)(H,18,19)/t8-,10-/m0/s1. The summed E-state index contributed by atoms with van der Waals surface area (Å²) in [5.41, 5.74) is -0.507. The van der Waals surface area contributed by atoms with E-state index in [1.165, 1.54) is 23.9 Å². The van der Waals surface area contributed by atoms with E-state index in [1.807, 2.05) is 6.92 Å². The predicted octanol–water partition coefficient (Wildman–Crippen LogP) is 0.614. The van der Waals surface area contributed by atoms with Gasteiger partial charge in [0.15, 0.2) is 0 Å². The molecule has 0 unspecified atom stereocenters. The number of amides is 1. The van der Waals surface area contributed by atoms with Crippen LogP contribution in [0.2, 0.25) is 0 Å². The van der Waals surface area contributed by atoms with Crippen molar-refractivity contribution >= 4 is 11.9 Å². The van der Waals surface area contributed by atoms with E-state index in [1.54, 1.807) is 13.0 Å². The Morgan fingerprint density at radius 3 is 2.63 bits per heavy atom. The Morgan fingerprint density at radius 1 is 1.47 bits per heavy atom. The Morgan fingerprint density at radius 2 is 2.11 bits per heavy atom. The lowest BCUT2D eigenvalue weighted by Crippen LogP contribution is -2.46. The number of hydrogen-bond donors (Lipinski definition) is 2. The first-order chi connectivity index (χ1) is 8.88. The fraction of sp³-hybridized carbons (Fsp3) is 0.462. The van der Waals surface area contributed by atoms with Gasteiger partial charge in [0.2, 0.25) is 0 Å². The normalized spacial score (nSPS) is 13.6. The molecule has 6 nitrogen and oxygen atoms in total. The van der Waals surface area contributed by atoms with Crippen LogP contribution in [-0.4, -0.2) is 27.6 Å². The number of aromatic nitrogens is 1. The lowest BCUT2D eigenvalue weighted by Gasteiger charge is -2.20. The lowest BCUT2D eigenvalue weighted by molar-refractivity contribution is -0.140. The molecule has 0 radical (unpaired) electrons. The van der Waals surface area contributed by atoms with E-state index in [9.17, 15) is 14.4 Å². The molecule has 1 amide bonds. The minimum atomic E-state index is -1.10. The third kappa shape index (κ3) is 3.43. The number of carboxylic acids is 1.